The van der Waals surface area contributed by atoms with E-state index in [2.05, 4.69) is 11.8 Å². The number of ether oxygens (including phenoxy) is 1. The third-order valence-corrected chi connectivity index (χ3v) is 5.61. The van der Waals surface area contributed by atoms with Crippen LogP contribution in [0.1, 0.15) is 42.6 Å². The van der Waals surface area contributed by atoms with Crippen molar-refractivity contribution in [3.05, 3.63) is 63.6 Å². The molecule has 1 aliphatic heterocycles. The smallest absolute Gasteiger partial charge is 0.259 e. The van der Waals surface area contributed by atoms with E-state index >= 15 is 0 Å². The van der Waals surface area contributed by atoms with E-state index in [1.54, 1.807) is 17.7 Å². The molecule has 5 nitrogen and oxygen atoms in total. The number of rotatable bonds is 6. The second-order valence-corrected chi connectivity index (χ2v) is 7.57. The molecule has 1 fully saturated rings. The molecule has 5 heteroatoms. The second kappa shape index (κ2) is 8.72. The van der Waals surface area contributed by atoms with Crippen molar-refractivity contribution in [2.75, 3.05) is 26.8 Å². The van der Waals surface area contributed by atoms with E-state index < -0.39 is 0 Å². The Morgan fingerprint density at radius 2 is 1.89 bits per heavy atom. The average molecular weight is 370 g/mol. The van der Waals surface area contributed by atoms with Crippen LogP contribution < -0.4 is 5.56 Å². The molecule has 1 unspecified atom stereocenters. The number of aryl methyl sites for hydroxylation is 1. The molecule has 1 saturated heterocycles. The second-order valence-electron chi connectivity index (χ2n) is 7.57. The first kappa shape index (κ1) is 19.6. The van der Waals surface area contributed by atoms with Crippen LogP contribution in [-0.4, -0.2) is 41.4 Å². The van der Waals surface area contributed by atoms with Gasteiger partial charge in [0.25, 0.3) is 5.56 Å². The summed E-state index contributed by atoms with van der Waals surface area (Å²) < 4.78 is 6.88. The molecule has 1 N–H and O–H groups in total. The number of benzene rings is 1. The van der Waals surface area contributed by atoms with E-state index in [1.165, 1.54) is 0 Å². The van der Waals surface area contributed by atoms with Gasteiger partial charge in [0.15, 0.2) is 0 Å². The van der Waals surface area contributed by atoms with Gasteiger partial charge < -0.3 is 14.4 Å². The van der Waals surface area contributed by atoms with Crippen molar-refractivity contribution < 1.29 is 9.84 Å². The SMILES string of the molecule is COCCn1c(C)cc(O)c(C(c2ccccc2)N2CCC(C)CC2)c1=O. The van der Waals surface area contributed by atoms with E-state index in [9.17, 15) is 9.90 Å². The fourth-order valence-electron chi connectivity index (χ4n) is 3.97. The van der Waals surface area contributed by atoms with E-state index in [0.717, 1.165) is 37.2 Å². The van der Waals surface area contributed by atoms with E-state index in [0.29, 0.717) is 24.6 Å². The Hall–Kier alpha value is -2.11. The van der Waals surface area contributed by atoms with Crippen LogP contribution in [0.25, 0.3) is 0 Å². The van der Waals surface area contributed by atoms with Crippen molar-refractivity contribution in [3.8, 4) is 5.75 Å². The van der Waals surface area contributed by atoms with Gasteiger partial charge >= 0.3 is 0 Å². The Morgan fingerprint density at radius 3 is 2.52 bits per heavy atom. The zero-order valence-electron chi connectivity index (χ0n) is 16.5. The summed E-state index contributed by atoms with van der Waals surface area (Å²) in [5, 5.41) is 10.8. The Morgan fingerprint density at radius 1 is 1.22 bits per heavy atom. The lowest BCUT2D eigenvalue weighted by atomic mass is 9.92. The summed E-state index contributed by atoms with van der Waals surface area (Å²) in [7, 11) is 1.63. The Bertz CT molecular complexity index is 808. The lowest BCUT2D eigenvalue weighted by Crippen LogP contribution is -2.40. The van der Waals surface area contributed by atoms with Crippen LogP contribution in [-0.2, 0) is 11.3 Å². The first-order chi connectivity index (χ1) is 13.0. The maximum atomic E-state index is 13.4. The third kappa shape index (κ3) is 4.25. The minimum atomic E-state index is -0.236. The van der Waals surface area contributed by atoms with Crippen molar-refractivity contribution in [1.82, 2.24) is 9.47 Å². The maximum Gasteiger partial charge on any atom is 0.259 e. The normalized spacial score (nSPS) is 17.1. The predicted octanol–water partition coefficient (Wildman–Crippen LogP) is 3.33. The molecule has 3 rings (SSSR count). The maximum absolute atomic E-state index is 13.4. The molecular weight excluding hydrogens is 340 g/mol. The molecule has 0 aliphatic carbocycles. The number of aromatic nitrogens is 1. The quantitative estimate of drug-likeness (QED) is 0.847. The molecule has 1 aromatic carbocycles. The van der Waals surface area contributed by atoms with Gasteiger partial charge in [-0.15, -0.1) is 0 Å². The number of methoxy groups -OCH3 is 1. The Kier molecular flexibility index (Phi) is 6.34. The monoisotopic (exact) mass is 370 g/mol. The van der Waals surface area contributed by atoms with Crippen molar-refractivity contribution in [1.29, 1.82) is 0 Å². The Labute approximate surface area is 161 Å². The fraction of sp³-hybridized carbons (Fsp3) is 0.500. The number of hydrogen-bond acceptors (Lipinski definition) is 4. The van der Waals surface area contributed by atoms with Crippen LogP contribution in [0, 0.1) is 12.8 Å². The number of piperidine rings is 1. The van der Waals surface area contributed by atoms with Gasteiger partial charge in [0.1, 0.15) is 5.75 Å². The first-order valence-electron chi connectivity index (χ1n) is 9.74. The zero-order valence-corrected chi connectivity index (χ0v) is 16.5. The standard InChI is InChI=1S/C22H30N2O3/c1-16-9-11-23(12-10-16)21(18-7-5-4-6-8-18)20-19(25)15-17(2)24(22(20)26)13-14-27-3/h4-8,15-16,21,25H,9-14H2,1-3H3. The van der Waals surface area contributed by atoms with Crippen molar-refractivity contribution in [2.45, 2.75) is 39.3 Å². The summed E-state index contributed by atoms with van der Waals surface area (Å²) in [6, 6.07) is 11.5. The summed E-state index contributed by atoms with van der Waals surface area (Å²) >= 11 is 0. The minimum Gasteiger partial charge on any atom is -0.507 e. The molecule has 1 aliphatic rings. The highest BCUT2D eigenvalue weighted by Crippen LogP contribution is 2.35. The van der Waals surface area contributed by atoms with Gasteiger partial charge in [0.2, 0.25) is 0 Å². The highest BCUT2D eigenvalue weighted by molar-refractivity contribution is 5.41. The van der Waals surface area contributed by atoms with Crippen LogP contribution in [0.15, 0.2) is 41.2 Å². The third-order valence-electron chi connectivity index (χ3n) is 5.61. The molecule has 0 saturated carbocycles. The van der Waals surface area contributed by atoms with Gasteiger partial charge in [-0.25, -0.2) is 0 Å². The number of pyridine rings is 1. The van der Waals surface area contributed by atoms with Crippen molar-refractivity contribution in [3.63, 3.8) is 0 Å². The number of likely N-dealkylation sites (tertiary alicyclic amines) is 1. The number of aromatic hydroxyl groups is 1. The van der Waals surface area contributed by atoms with Crippen LogP contribution in [0.4, 0.5) is 0 Å². The molecule has 2 heterocycles. The van der Waals surface area contributed by atoms with E-state index in [4.69, 9.17) is 4.74 Å². The molecule has 27 heavy (non-hydrogen) atoms. The van der Waals surface area contributed by atoms with Crippen LogP contribution >= 0.6 is 0 Å². The van der Waals surface area contributed by atoms with Crippen molar-refractivity contribution in [2.24, 2.45) is 5.92 Å². The lowest BCUT2D eigenvalue weighted by Gasteiger charge is -2.37. The van der Waals surface area contributed by atoms with Crippen LogP contribution in [0.2, 0.25) is 0 Å². The lowest BCUT2D eigenvalue weighted by molar-refractivity contribution is 0.154. The molecule has 2 aromatic rings. The van der Waals surface area contributed by atoms with Crippen LogP contribution in [0.5, 0.6) is 5.75 Å². The summed E-state index contributed by atoms with van der Waals surface area (Å²) in [4.78, 5) is 15.7. The largest absolute Gasteiger partial charge is 0.507 e. The zero-order chi connectivity index (χ0) is 19.4. The molecule has 146 valence electrons. The molecule has 0 spiro atoms. The van der Waals surface area contributed by atoms with Gasteiger partial charge in [0, 0.05) is 19.3 Å². The highest BCUT2D eigenvalue weighted by atomic mass is 16.5. The van der Waals surface area contributed by atoms with Gasteiger partial charge in [-0.05, 0) is 50.4 Å². The predicted molar refractivity (Wildman–Crippen MR) is 107 cm³/mol. The Balaban J connectivity index is 2.11. The minimum absolute atomic E-state index is 0.0821. The molecule has 0 radical (unpaired) electrons. The highest BCUT2D eigenvalue weighted by Gasteiger charge is 2.31. The summed E-state index contributed by atoms with van der Waals surface area (Å²) in [6.45, 7) is 6.91. The van der Waals surface area contributed by atoms with Gasteiger partial charge in [-0.3, -0.25) is 9.69 Å². The van der Waals surface area contributed by atoms with Gasteiger partial charge in [-0.1, -0.05) is 37.3 Å². The van der Waals surface area contributed by atoms with Gasteiger partial charge in [0.05, 0.1) is 18.2 Å². The van der Waals surface area contributed by atoms with Crippen molar-refractivity contribution >= 4 is 0 Å². The number of nitrogens with zero attached hydrogens (tertiary/aromatic N) is 2. The summed E-state index contributed by atoms with van der Waals surface area (Å²) in [5.41, 5.74) is 2.13. The average Bonchev–Trinajstić information content (AvgIpc) is 2.66. The number of hydrogen-bond donors (Lipinski definition) is 1. The first-order valence-corrected chi connectivity index (χ1v) is 9.74. The topological polar surface area (TPSA) is 54.7 Å². The molecule has 0 amide bonds. The van der Waals surface area contributed by atoms with E-state index in [1.807, 2.05) is 37.3 Å². The summed E-state index contributed by atoms with van der Waals surface area (Å²) in [5.74, 6) is 0.779. The fourth-order valence-corrected chi connectivity index (χ4v) is 3.97. The molecule has 1 aromatic heterocycles. The molecular formula is C22H30N2O3. The van der Waals surface area contributed by atoms with E-state index in [-0.39, 0.29) is 17.4 Å². The molecule has 1 atom stereocenters. The van der Waals surface area contributed by atoms with Crippen LogP contribution in [0.3, 0.4) is 0 Å². The molecule has 0 bridgehead atoms. The van der Waals surface area contributed by atoms with Gasteiger partial charge in [-0.2, -0.15) is 0 Å². The summed E-state index contributed by atoms with van der Waals surface area (Å²) in [6.07, 6.45) is 2.21.